The summed E-state index contributed by atoms with van der Waals surface area (Å²) in [6.07, 6.45) is 2.94. The van der Waals surface area contributed by atoms with Gasteiger partial charge in [0.15, 0.2) is 0 Å². The van der Waals surface area contributed by atoms with Gasteiger partial charge < -0.3 is 4.90 Å². The molecule has 0 saturated carbocycles. The Labute approximate surface area is 189 Å². The van der Waals surface area contributed by atoms with Crippen LogP contribution < -0.4 is 4.72 Å². The number of para-hydroxylation sites is 1. The van der Waals surface area contributed by atoms with Crippen LogP contribution in [0, 0.1) is 11.6 Å². The molecule has 2 aromatic carbocycles. The number of amides is 1. The molecule has 1 aromatic heterocycles. The first-order chi connectivity index (χ1) is 15.8. The van der Waals surface area contributed by atoms with Gasteiger partial charge in [-0.2, -0.15) is 5.10 Å². The van der Waals surface area contributed by atoms with E-state index in [4.69, 9.17) is 0 Å². The number of rotatable bonds is 6. The van der Waals surface area contributed by atoms with Gasteiger partial charge in [0, 0.05) is 30.1 Å². The normalized spacial score (nSPS) is 17.3. The number of fused-ring (bicyclic) bond motifs is 1. The van der Waals surface area contributed by atoms with Gasteiger partial charge in [-0.15, -0.1) is 0 Å². The van der Waals surface area contributed by atoms with Gasteiger partial charge in [-0.3, -0.25) is 9.48 Å². The lowest BCUT2D eigenvalue weighted by Gasteiger charge is -2.21. The van der Waals surface area contributed by atoms with Crippen LogP contribution in [0.5, 0.6) is 0 Å². The Balaban J connectivity index is 1.56. The minimum absolute atomic E-state index is 0.141. The summed E-state index contributed by atoms with van der Waals surface area (Å²) in [6, 6.07) is 6.72. The molecule has 1 aliphatic rings. The summed E-state index contributed by atoms with van der Waals surface area (Å²) in [7, 11) is -3.97. The molecule has 1 aliphatic heterocycles. The maximum Gasteiger partial charge on any atom is 0.244 e. The third-order valence-corrected chi connectivity index (χ3v) is 6.73. The number of alkyl halides is 1. The number of nitrogens with one attached hydrogen (secondary N) is 1. The predicted molar refractivity (Wildman–Crippen MR) is 117 cm³/mol. The maximum atomic E-state index is 14.5. The first kappa shape index (κ1) is 23.2. The molecule has 7 nitrogen and oxygen atoms in total. The number of halogens is 3. The average Bonchev–Trinajstić information content (AvgIpc) is 3.04. The van der Waals surface area contributed by atoms with Gasteiger partial charge in [-0.1, -0.05) is 24.3 Å². The van der Waals surface area contributed by atoms with Gasteiger partial charge in [-0.25, -0.2) is 26.3 Å². The monoisotopic (exact) mass is 480 g/mol. The molecule has 4 rings (SSSR count). The summed E-state index contributed by atoms with van der Waals surface area (Å²) in [6.45, 7) is 0.574. The van der Waals surface area contributed by atoms with Gasteiger partial charge in [0.25, 0.3) is 0 Å². The molecule has 1 fully saturated rings. The molecule has 0 spiro atoms. The number of sulfonamides is 1. The van der Waals surface area contributed by atoms with Crippen LogP contribution in [0.1, 0.15) is 19.3 Å². The van der Waals surface area contributed by atoms with E-state index in [-0.39, 0.29) is 18.0 Å². The quantitative estimate of drug-likeness (QED) is 0.587. The van der Waals surface area contributed by atoms with Gasteiger partial charge in [0.2, 0.25) is 21.9 Å². The van der Waals surface area contributed by atoms with Gasteiger partial charge in [-0.05, 0) is 31.4 Å². The number of nitrogens with zero attached hydrogens (tertiary/aromatic N) is 3. The minimum atomic E-state index is -3.97. The van der Waals surface area contributed by atoms with Crippen molar-refractivity contribution in [3.63, 3.8) is 0 Å². The largest absolute Gasteiger partial charge is 0.341 e. The molecule has 1 N–H and O–H groups in total. The van der Waals surface area contributed by atoms with Crippen molar-refractivity contribution in [1.29, 1.82) is 0 Å². The lowest BCUT2D eigenvalue weighted by Crippen LogP contribution is -2.38. The Morgan fingerprint density at radius 1 is 1.09 bits per heavy atom. The smallest absolute Gasteiger partial charge is 0.244 e. The molecule has 2 heterocycles. The van der Waals surface area contributed by atoms with E-state index in [9.17, 15) is 26.4 Å². The summed E-state index contributed by atoms with van der Waals surface area (Å²) in [5.41, 5.74) is 0.554. The fourth-order valence-corrected chi connectivity index (χ4v) is 5.00. The topological polar surface area (TPSA) is 84.3 Å². The third kappa shape index (κ3) is 5.03. The number of likely N-dealkylation sites (tertiary alicyclic amines) is 1. The van der Waals surface area contributed by atoms with E-state index >= 15 is 0 Å². The molecule has 3 aromatic rings. The number of carbonyl (C=O) groups is 1. The highest BCUT2D eigenvalue weighted by atomic mass is 32.2. The summed E-state index contributed by atoms with van der Waals surface area (Å²) in [4.78, 5) is 14.6. The Kier molecular flexibility index (Phi) is 6.71. The van der Waals surface area contributed by atoms with Crippen molar-refractivity contribution in [2.24, 2.45) is 0 Å². The van der Waals surface area contributed by atoms with Crippen molar-refractivity contribution in [2.75, 3.05) is 19.1 Å². The van der Waals surface area contributed by atoms with Crippen molar-refractivity contribution >= 4 is 26.8 Å². The highest BCUT2D eigenvalue weighted by Gasteiger charge is 2.25. The second-order valence-electron chi connectivity index (χ2n) is 7.99. The summed E-state index contributed by atoms with van der Waals surface area (Å²) >= 11 is 0. The van der Waals surface area contributed by atoms with Gasteiger partial charge in [0.1, 0.15) is 18.2 Å². The van der Waals surface area contributed by atoms with E-state index in [0.717, 1.165) is 0 Å². The SMILES string of the molecule is O=C(Cn1ncc2cccc(-c3c(F)cccc3F)c21)N1CCC[C@H](NS(=O)(=O)CF)CC1. The zero-order valence-corrected chi connectivity index (χ0v) is 18.5. The molecule has 0 unspecified atom stereocenters. The van der Waals surface area contributed by atoms with Crippen LogP contribution in [0.2, 0.25) is 0 Å². The Hall–Kier alpha value is -2.92. The molecule has 176 valence electrons. The predicted octanol–water partition coefficient (Wildman–Crippen LogP) is 3.21. The van der Waals surface area contributed by atoms with E-state index in [0.29, 0.717) is 48.8 Å². The summed E-state index contributed by atoms with van der Waals surface area (Å²) < 4.78 is 68.3. The van der Waals surface area contributed by atoms with E-state index < -0.39 is 33.7 Å². The molecule has 0 radical (unpaired) electrons. The summed E-state index contributed by atoms with van der Waals surface area (Å²) in [5, 5.41) is 4.90. The Morgan fingerprint density at radius 2 is 1.82 bits per heavy atom. The van der Waals surface area contributed by atoms with Crippen LogP contribution in [0.4, 0.5) is 13.2 Å². The van der Waals surface area contributed by atoms with Crippen molar-refractivity contribution in [1.82, 2.24) is 19.4 Å². The molecule has 33 heavy (non-hydrogen) atoms. The Morgan fingerprint density at radius 3 is 2.55 bits per heavy atom. The molecule has 11 heteroatoms. The number of hydrogen-bond acceptors (Lipinski definition) is 4. The van der Waals surface area contributed by atoms with Gasteiger partial charge in [0.05, 0.1) is 17.3 Å². The third-order valence-electron chi connectivity index (χ3n) is 5.75. The van der Waals surface area contributed by atoms with Gasteiger partial charge >= 0.3 is 0 Å². The van der Waals surface area contributed by atoms with E-state index in [1.807, 2.05) is 0 Å². The van der Waals surface area contributed by atoms with Crippen molar-refractivity contribution in [3.05, 3.63) is 54.2 Å². The highest BCUT2D eigenvalue weighted by Crippen LogP contribution is 2.32. The second-order valence-corrected chi connectivity index (χ2v) is 9.68. The second kappa shape index (κ2) is 9.52. The number of hydrogen-bond donors (Lipinski definition) is 1. The first-order valence-corrected chi connectivity index (χ1v) is 12.2. The van der Waals surface area contributed by atoms with Crippen LogP contribution in [0.15, 0.2) is 42.6 Å². The van der Waals surface area contributed by atoms with Crippen LogP contribution in [0.3, 0.4) is 0 Å². The number of aromatic nitrogens is 2. The Bertz CT molecular complexity index is 1260. The van der Waals surface area contributed by atoms with E-state index in [1.54, 1.807) is 23.1 Å². The number of benzene rings is 2. The van der Waals surface area contributed by atoms with Crippen molar-refractivity contribution in [2.45, 2.75) is 31.8 Å². The van der Waals surface area contributed by atoms with Crippen molar-refractivity contribution in [3.8, 4) is 11.1 Å². The van der Waals surface area contributed by atoms with E-state index in [2.05, 4.69) is 9.82 Å². The maximum absolute atomic E-state index is 14.5. The van der Waals surface area contributed by atoms with E-state index in [1.165, 1.54) is 29.1 Å². The molecule has 1 atom stereocenters. The first-order valence-electron chi connectivity index (χ1n) is 10.5. The lowest BCUT2D eigenvalue weighted by atomic mass is 10.0. The average molecular weight is 481 g/mol. The zero-order valence-electron chi connectivity index (χ0n) is 17.7. The molecule has 1 amide bonds. The van der Waals surface area contributed by atoms with Crippen LogP contribution in [0.25, 0.3) is 22.0 Å². The fourth-order valence-electron chi connectivity index (χ4n) is 4.20. The molecule has 0 aliphatic carbocycles. The standard InChI is InChI=1S/C22H23F3N4O3S/c23-14-33(31,32)27-16-5-3-10-28(11-9-16)20(30)13-29-22-15(12-26-29)4-1-6-17(22)21-18(24)7-2-8-19(21)25/h1-2,4,6-8,12,16,27H,3,5,9-11,13-14H2/t16-/m0/s1. The molecular weight excluding hydrogens is 457 g/mol. The lowest BCUT2D eigenvalue weighted by molar-refractivity contribution is -0.131. The van der Waals surface area contributed by atoms with Crippen LogP contribution in [-0.4, -0.2) is 54.1 Å². The molecule has 1 saturated heterocycles. The minimum Gasteiger partial charge on any atom is -0.341 e. The summed E-state index contributed by atoms with van der Waals surface area (Å²) in [5.74, 6) is -1.68. The van der Waals surface area contributed by atoms with Crippen molar-refractivity contribution < 1.29 is 26.4 Å². The number of carbonyl (C=O) groups excluding carboxylic acids is 1. The molecular formula is C22H23F3N4O3S. The molecule has 0 bridgehead atoms. The zero-order chi connectivity index (χ0) is 23.6. The fraction of sp³-hybridized carbons (Fsp3) is 0.364. The van der Waals surface area contributed by atoms with Crippen LogP contribution in [-0.2, 0) is 21.4 Å². The highest BCUT2D eigenvalue weighted by molar-refractivity contribution is 7.89. The van der Waals surface area contributed by atoms with Crippen LogP contribution >= 0.6 is 0 Å².